The van der Waals surface area contributed by atoms with E-state index in [1.54, 1.807) is 6.33 Å². The monoisotopic (exact) mass is 502 g/mol. The first kappa shape index (κ1) is 25.2. The van der Waals surface area contributed by atoms with Gasteiger partial charge in [0.15, 0.2) is 5.65 Å². The summed E-state index contributed by atoms with van der Waals surface area (Å²) in [5.41, 5.74) is 8.68. The first-order valence-corrected chi connectivity index (χ1v) is 13.2. The van der Waals surface area contributed by atoms with Gasteiger partial charge in [0.05, 0.1) is 16.7 Å². The maximum absolute atomic E-state index is 12.7. The lowest BCUT2D eigenvalue weighted by Gasteiger charge is -2.40. The van der Waals surface area contributed by atoms with Crippen molar-refractivity contribution in [1.82, 2.24) is 34.4 Å². The average Bonchev–Trinajstić information content (AvgIpc) is 3.48. The van der Waals surface area contributed by atoms with Crippen molar-refractivity contribution >= 4 is 28.4 Å². The molecule has 0 unspecified atom stereocenters. The van der Waals surface area contributed by atoms with Crippen LogP contribution in [-0.2, 0) is 4.79 Å². The third kappa shape index (κ3) is 4.56. The highest BCUT2D eigenvalue weighted by Crippen LogP contribution is 2.38. The van der Waals surface area contributed by atoms with Crippen molar-refractivity contribution in [2.24, 2.45) is 0 Å². The SMILES string of the molecule is Cc1c(-c2[nH]c3ccc(N4CCN(C(=O)CCN(C)C)C[C@@H]4C)nc3c2C(C)C)cn2ncnc2c1C. The molecule has 0 aromatic carbocycles. The number of pyridine rings is 2. The highest BCUT2D eigenvalue weighted by molar-refractivity contribution is 5.90. The smallest absolute Gasteiger partial charge is 0.223 e. The second kappa shape index (κ2) is 9.78. The van der Waals surface area contributed by atoms with Crippen molar-refractivity contribution in [3.8, 4) is 11.3 Å². The van der Waals surface area contributed by atoms with E-state index in [0.717, 1.165) is 65.5 Å². The van der Waals surface area contributed by atoms with E-state index < -0.39 is 0 Å². The van der Waals surface area contributed by atoms with E-state index in [4.69, 9.17) is 4.98 Å². The highest BCUT2D eigenvalue weighted by Gasteiger charge is 2.28. The summed E-state index contributed by atoms with van der Waals surface area (Å²) in [5.74, 6) is 1.48. The van der Waals surface area contributed by atoms with Crippen LogP contribution in [0.25, 0.3) is 27.9 Å². The van der Waals surface area contributed by atoms with E-state index in [0.29, 0.717) is 6.42 Å². The van der Waals surface area contributed by atoms with Crippen LogP contribution in [-0.4, -0.2) is 86.6 Å². The number of rotatable bonds is 6. The van der Waals surface area contributed by atoms with E-state index in [9.17, 15) is 4.79 Å². The Morgan fingerprint density at radius 2 is 1.97 bits per heavy atom. The number of carbonyl (C=O) groups excluding carboxylic acids is 1. The number of aryl methyl sites for hydroxylation is 1. The first-order chi connectivity index (χ1) is 17.7. The Bertz CT molecular complexity index is 1450. The van der Waals surface area contributed by atoms with Crippen LogP contribution in [0.4, 0.5) is 5.82 Å². The maximum atomic E-state index is 12.7. The molecular weight excluding hydrogens is 464 g/mol. The topological polar surface area (TPSA) is 85.7 Å². The summed E-state index contributed by atoms with van der Waals surface area (Å²) in [4.78, 5) is 32.4. The fourth-order valence-corrected chi connectivity index (χ4v) is 5.47. The van der Waals surface area contributed by atoms with Crippen molar-refractivity contribution < 1.29 is 4.79 Å². The molecule has 4 aromatic rings. The second-order valence-electron chi connectivity index (χ2n) is 10.9. The third-order valence-corrected chi connectivity index (χ3v) is 7.69. The predicted molar refractivity (Wildman–Crippen MR) is 148 cm³/mol. The minimum atomic E-state index is 0.197. The molecule has 0 saturated carbocycles. The number of amides is 1. The van der Waals surface area contributed by atoms with Gasteiger partial charge in [0, 0.05) is 56.0 Å². The molecule has 0 aliphatic carbocycles. The van der Waals surface area contributed by atoms with Gasteiger partial charge >= 0.3 is 0 Å². The van der Waals surface area contributed by atoms with Crippen LogP contribution < -0.4 is 4.90 Å². The van der Waals surface area contributed by atoms with Gasteiger partial charge in [-0.2, -0.15) is 5.10 Å². The molecule has 4 aromatic heterocycles. The lowest BCUT2D eigenvalue weighted by Crippen LogP contribution is -2.54. The minimum absolute atomic E-state index is 0.197. The van der Waals surface area contributed by atoms with Crippen LogP contribution in [0.2, 0.25) is 0 Å². The number of nitrogens with zero attached hydrogens (tertiary/aromatic N) is 7. The fourth-order valence-electron chi connectivity index (χ4n) is 5.47. The van der Waals surface area contributed by atoms with E-state index in [1.807, 2.05) is 23.5 Å². The van der Waals surface area contributed by atoms with Gasteiger partial charge < -0.3 is 19.7 Å². The number of aromatic nitrogens is 5. The molecule has 1 saturated heterocycles. The Morgan fingerprint density at radius 3 is 2.68 bits per heavy atom. The van der Waals surface area contributed by atoms with E-state index >= 15 is 0 Å². The molecule has 9 nitrogen and oxygen atoms in total. The molecule has 196 valence electrons. The normalized spacial score (nSPS) is 16.6. The number of fused-ring (bicyclic) bond motifs is 2. The summed E-state index contributed by atoms with van der Waals surface area (Å²) >= 11 is 0. The number of aromatic amines is 1. The molecule has 5 heterocycles. The third-order valence-electron chi connectivity index (χ3n) is 7.69. The van der Waals surface area contributed by atoms with Crippen LogP contribution in [0.1, 0.15) is 49.8 Å². The molecule has 37 heavy (non-hydrogen) atoms. The molecule has 5 rings (SSSR count). The Labute approximate surface area is 218 Å². The predicted octanol–water partition coefficient (Wildman–Crippen LogP) is 4.00. The Balaban J connectivity index is 1.48. The average molecular weight is 503 g/mol. The van der Waals surface area contributed by atoms with Crippen molar-refractivity contribution in [2.45, 2.75) is 53.0 Å². The van der Waals surface area contributed by atoms with Crippen LogP contribution in [0, 0.1) is 13.8 Å². The molecular formula is C28H38N8O. The lowest BCUT2D eigenvalue weighted by atomic mass is 9.95. The summed E-state index contributed by atoms with van der Waals surface area (Å²) < 4.78 is 1.85. The Kier molecular flexibility index (Phi) is 6.66. The molecule has 0 radical (unpaired) electrons. The molecule has 1 aliphatic rings. The zero-order valence-corrected chi connectivity index (χ0v) is 23.0. The van der Waals surface area contributed by atoms with Crippen LogP contribution in [0.3, 0.4) is 0 Å². The maximum Gasteiger partial charge on any atom is 0.223 e. The summed E-state index contributed by atoms with van der Waals surface area (Å²) in [7, 11) is 4.01. The summed E-state index contributed by atoms with van der Waals surface area (Å²) in [6.45, 7) is 13.9. The number of H-pyrrole nitrogens is 1. The molecule has 1 aliphatic heterocycles. The molecule has 1 N–H and O–H groups in total. The first-order valence-electron chi connectivity index (χ1n) is 13.2. The number of hydrogen-bond donors (Lipinski definition) is 1. The van der Waals surface area contributed by atoms with Gasteiger partial charge in [0.1, 0.15) is 12.1 Å². The van der Waals surface area contributed by atoms with Gasteiger partial charge in [-0.3, -0.25) is 4.79 Å². The molecule has 1 atom stereocenters. The summed E-state index contributed by atoms with van der Waals surface area (Å²) in [6, 6.07) is 4.44. The molecule has 9 heteroatoms. The van der Waals surface area contributed by atoms with E-state index in [-0.39, 0.29) is 17.9 Å². The zero-order valence-electron chi connectivity index (χ0n) is 23.0. The van der Waals surface area contributed by atoms with Crippen molar-refractivity contribution in [3.63, 3.8) is 0 Å². The zero-order chi connectivity index (χ0) is 26.4. The van der Waals surface area contributed by atoms with Gasteiger partial charge in [-0.15, -0.1) is 0 Å². The van der Waals surface area contributed by atoms with Crippen molar-refractivity contribution in [2.75, 3.05) is 45.2 Å². The molecule has 0 spiro atoms. The van der Waals surface area contributed by atoms with E-state index in [1.165, 1.54) is 11.1 Å². The number of piperazine rings is 1. The van der Waals surface area contributed by atoms with Crippen LogP contribution >= 0.6 is 0 Å². The van der Waals surface area contributed by atoms with Crippen molar-refractivity contribution in [1.29, 1.82) is 0 Å². The number of hydrogen-bond acceptors (Lipinski definition) is 6. The van der Waals surface area contributed by atoms with Gasteiger partial charge in [0.2, 0.25) is 5.91 Å². The quantitative estimate of drug-likeness (QED) is 0.429. The summed E-state index contributed by atoms with van der Waals surface area (Å²) in [6.07, 6.45) is 4.23. The Hall–Kier alpha value is -3.46. The standard InChI is InChI=1S/C28H38N8O/c1-17(2)25-26(21-15-36-28(29-16-30-36)20(5)19(21)4)31-22-8-9-23(32-27(22)25)35-13-12-34(14-18(35)3)24(37)10-11-33(6)7/h8-9,15-18,31H,10-14H2,1-7H3/t18-/m0/s1. The highest BCUT2D eigenvalue weighted by atomic mass is 16.2. The largest absolute Gasteiger partial charge is 0.353 e. The van der Waals surface area contributed by atoms with Crippen LogP contribution in [0.15, 0.2) is 24.7 Å². The Morgan fingerprint density at radius 1 is 1.19 bits per heavy atom. The molecule has 1 fully saturated rings. The van der Waals surface area contributed by atoms with Gasteiger partial charge in [-0.25, -0.2) is 14.5 Å². The number of carbonyl (C=O) groups is 1. The number of nitrogens with one attached hydrogen (secondary N) is 1. The second-order valence-corrected chi connectivity index (χ2v) is 10.9. The van der Waals surface area contributed by atoms with Crippen molar-refractivity contribution in [3.05, 3.63) is 41.3 Å². The van der Waals surface area contributed by atoms with Crippen LogP contribution in [0.5, 0.6) is 0 Å². The fraction of sp³-hybridized carbons (Fsp3) is 0.500. The van der Waals surface area contributed by atoms with Gasteiger partial charge in [-0.1, -0.05) is 13.8 Å². The minimum Gasteiger partial charge on any atom is -0.353 e. The number of anilines is 1. The molecule has 1 amide bonds. The summed E-state index contributed by atoms with van der Waals surface area (Å²) in [5, 5.41) is 4.40. The van der Waals surface area contributed by atoms with Gasteiger partial charge in [-0.05, 0) is 64.0 Å². The van der Waals surface area contributed by atoms with Gasteiger partial charge in [0.25, 0.3) is 0 Å². The van der Waals surface area contributed by atoms with E-state index in [2.05, 4.69) is 77.8 Å². The lowest BCUT2D eigenvalue weighted by molar-refractivity contribution is -0.132. The molecule has 0 bridgehead atoms.